The van der Waals surface area contributed by atoms with Gasteiger partial charge in [0, 0.05) is 37.2 Å². The average Bonchev–Trinajstić information content (AvgIpc) is 3.48. The molecule has 0 atom stereocenters. The molecule has 4 aromatic rings. The molecule has 0 aliphatic carbocycles. The fourth-order valence-electron chi connectivity index (χ4n) is 3.02. The summed E-state index contributed by atoms with van der Waals surface area (Å²) in [5.41, 5.74) is 7.60. The number of aromatic amines is 1. The molecule has 0 saturated carbocycles. The predicted octanol–water partition coefficient (Wildman–Crippen LogP) is 3.17. The van der Waals surface area contributed by atoms with E-state index in [1.807, 2.05) is 10.8 Å². The number of aromatic nitrogens is 6. The number of nitrogens with one attached hydrogen (secondary N) is 2. The van der Waals surface area contributed by atoms with Crippen molar-refractivity contribution < 1.29 is 4.79 Å². The Morgan fingerprint density at radius 1 is 1.27 bits per heavy atom. The maximum absolute atomic E-state index is 12.4. The molecule has 1 aromatic carbocycles. The molecule has 0 bridgehead atoms. The molecule has 3 heterocycles. The van der Waals surface area contributed by atoms with E-state index in [4.69, 9.17) is 28.9 Å². The second kappa shape index (κ2) is 8.60. The number of carbonyl (C=O) groups is 1. The first-order valence-electron chi connectivity index (χ1n) is 9.12. The van der Waals surface area contributed by atoms with Gasteiger partial charge in [-0.05, 0) is 24.6 Å². The zero-order chi connectivity index (χ0) is 21.1. The summed E-state index contributed by atoms with van der Waals surface area (Å²) >= 11 is 12.5. The maximum atomic E-state index is 12.4. The van der Waals surface area contributed by atoms with Gasteiger partial charge >= 0.3 is 0 Å². The first-order chi connectivity index (χ1) is 14.5. The number of anilines is 1. The van der Waals surface area contributed by atoms with Crippen LogP contribution in [0, 0.1) is 0 Å². The molecule has 0 fully saturated rings. The SMILES string of the molecule is Nc1nnc(-c2c[nH]c(C(=O)NCCCn3ccnc3)c2)n1-c1cccc(Cl)c1Cl. The lowest BCUT2D eigenvalue weighted by Crippen LogP contribution is -2.25. The van der Waals surface area contributed by atoms with E-state index >= 15 is 0 Å². The number of nitrogen functional groups attached to an aromatic ring is 1. The average molecular weight is 445 g/mol. The van der Waals surface area contributed by atoms with Gasteiger partial charge in [-0.1, -0.05) is 29.3 Å². The van der Waals surface area contributed by atoms with Gasteiger partial charge in [-0.25, -0.2) is 4.98 Å². The highest BCUT2D eigenvalue weighted by Gasteiger charge is 2.19. The highest BCUT2D eigenvalue weighted by atomic mass is 35.5. The number of hydrogen-bond donors (Lipinski definition) is 3. The molecule has 0 unspecified atom stereocenters. The Morgan fingerprint density at radius 3 is 2.93 bits per heavy atom. The summed E-state index contributed by atoms with van der Waals surface area (Å²) < 4.78 is 3.54. The summed E-state index contributed by atoms with van der Waals surface area (Å²) in [4.78, 5) is 19.4. The Balaban J connectivity index is 1.49. The number of benzene rings is 1. The van der Waals surface area contributed by atoms with E-state index < -0.39 is 0 Å². The number of aryl methyl sites for hydroxylation is 1. The molecular formula is C19H18Cl2N8O. The van der Waals surface area contributed by atoms with Crippen LogP contribution in [0.2, 0.25) is 10.0 Å². The van der Waals surface area contributed by atoms with Gasteiger partial charge in [-0.3, -0.25) is 9.36 Å². The highest BCUT2D eigenvalue weighted by Crippen LogP contribution is 2.33. The van der Waals surface area contributed by atoms with Crippen molar-refractivity contribution in [1.29, 1.82) is 0 Å². The van der Waals surface area contributed by atoms with E-state index in [9.17, 15) is 4.79 Å². The van der Waals surface area contributed by atoms with Crippen LogP contribution in [0.15, 0.2) is 49.2 Å². The number of nitrogens with two attached hydrogens (primary N) is 1. The summed E-state index contributed by atoms with van der Waals surface area (Å²) in [5, 5.41) is 11.7. The Labute approximate surface area is 181 Å². The van der Waals surface area contributed by atoms with Crippen molar-refractivity contribution in [2.45, 2.75) is 13.0 Å². The molecule has 0 aliphatic rings. The monoisotopic (exact) mass is 444 g/mol. The van der Waals surface area contributed by atoms with Crippen molar-refractivity contribution >= 4 is 35.1 Å². The van der Waals surface area contributed by atoms with E-state index in [-0.39, 0.29) is 11.9 Å². The van der Waals surface area contributed by atoms with Crippen LogP contribution >= 0.6 is 23.2 Å². The van der Waals surface area contributed by atoms with Crippen LogP contribution in [0.4, 0.5) is 5.95 Å². The van der Waals surface area contributed by atoms with Crippen molar-refractivity contribution in [3.63, 3.8) is 0 Å². The van der Waals surface area contributed by atoms with Crippen molar-refractivity contribution in [3.8, 4) is 17.1 Å². The number of H-pyrrole nitrogens is 1. The molecule has 0 aliphatic heterocycles. The lowest BCUT2D eigenvalue weighted by molar-refractivity contribution is 0.0948. The lowest BCUT2D eigenvalue weighted by atomic mass is 10.2. The van der Waals surface area contributed by atoms with Crippen molar-refractivity contribution in [1.82, 2.24) is 34.6 Å². The third-order valence-electron chi connectivity index (χ3n) is 4.48. The van der Waals surface area contributed by atoms with Gasteiger partial charge in [-0.2, -0.15) is 0 Å². The van der Waals surface area contributed by atoms with Crippen LogP contribution in [-0.4, -0.2) is 41.8 Å². The smallest absolute Gasteiger partial charge is 0.267 e. The zero-order valence-electron chi connectivity index (χ0n) is 15.7. The van der Waals surface area contributed by atoms with Crippen molar-refractivity contribution in [2.75, 3.05) is 12.3 Å². The van der Waals surface area contributed by atoms with Crippen molar-refractivity contribution in [3.05, 3.63) is 64.9 Å². The van der Waals surface area contributed by atoms with E-state index in [1.165, 1.54) is 0 Å². The first kappa shape index (κ1) is 20.0. The molecule has 30 heavy (non-hydrogen) atoms. The van der Waals surface area contributed by atoms with Gasteiger partial charge in [0.2, 0.25) is 5.95 Å². The number of carbonyl (C=O) groups excluding carboxylic acids is 1. The van der Waals surface area contributed by atoms with Gasteiger partial charge in [0.05, 0.1) is 22.1 Å². The maximum Gasteiger partial charge on any atom is 0.267 e. The molecule has 3 aromatic heterocycles. The van der Waals surface area contributed by atoms with Gasteiger partial charge in [0.15, 0.2) is 5.82 Å². The fourth-order valence-corrected chi connectivity index (χ4v) is 3.40. The minimum absolute atomic E-state index is 0.154. The molecular weight excluding hydrogens is 427 g/mol. The molecule has 154 valence electrons. The third kappa shape index (κ3) is 4.03. The summed E-state index contributed by atoms with van der Waals surface area (Å²) in [5.74, 6) is 0.375. The summed E-state index contributed by atoms with van der Waals surface area (Å²) in [6, 6.07) is 6.88. The van der Waals surface area contributed by atoms with E-state index in [2.05, 4.69) is 25.5 Å². The Morgan fingerprint density at radius 2 is 2.13 bits per heavy atom. The molecule has 0 saturated heterocycles. The van der Waals surface area contributed by atoms with Crippen LogP contribution in [0.1, 0.15) is 16.9 Å². The standard InChI is InChI=1S/C19H18Cl2N8O/c20-13-3-1-4-15(16(13)21)29-17(26-27-19(29)22)12-9-14(25-10-12)18(30)24-5-2-7-28-8-6-23-11-28/h1,3-4,6,8-11,25H,2,5,7H2,(H2,22,27)(H,24,30). The second-order valence-electron chi connectivity index (χ2n) is 6.50. The van der Waals surface area contributed by atoms with Crippen LogP contribution < -0.4 is 11.1 Å². The molecule has 0 spiro atoms. The highest BCUT2D eigenvalue weighted by molar-refractivity contribution is 6.43. The van der Waals surface area contributed by atoms with Crippen LogP contribution in [0.3, 0.4) is 0 Å². The minimum atomic E-state index is -0.216. The minimum Gasteiger partial charge on any atom is -0.368 e. The Kier molecular flexibility index (Phi) is 5.73. The third-order valence-corrected chi connectivity index (χ3v) is 5.29. The molecule has 11 heteroatoms. The largest absolute Gasteiger partial charge is 0.368 e. The molecule has 1 amide bonds. The number of rotatable bonds is 7. The molecule has 4 N–H and O–H groups in total. The zero-order valence-corrected chi connectivity index (χ0v) is 17.2. The number of halogens is 2. The van der Waals surface area contributed by atoms with Crippen molar-refractivity contribution in [2.24, 2.45) is 0 Å². The van der Waals surface area contributed by atoms with Gasteiger partial charge in [-0.15, -0.1) is 10.2 Å². The second-order valence-corrected chi connectivity index (χ2v) is 7.29. The van der Waals surface area contributed by atoms with Crippen LogP contribution in [-0.2, 0) is 6.54 Å². The van der Waals surface area contributed by atoms with Gasteiger partial charge in [0.25, 0.3) is 5.91 Å². The van der Waals surface area contributed by atoms with Crippen LogP contribution in [0.5, 0.6) is 0 Å². The number of amides is 1. The molecule has 9 nitrogen and oxygen atoms in total. The number of hydrogen-bond acceptors (Lipinski definition) is 5. The van der Waals surface area contributed by atoms with Gasteiger partial charge < -0.3 is 20.6 Å². The predicted molar refractivity (Wildman–Crippen MR) is 115 cm³/mol. The first-order valence-corrected chi connectivity index (χ1v) is 9.88. The van der Waals surface area contributed by atoms with E-state index in [1.54, 1.807) is 47.6 Å². The summed E-state index contributed by atoms with van der Waals surface area (Å²) in [6.07, 6.45) is 7.80. The van der Waals surface area contributed by atoms with E-state index in [0.717, 1.165) is 13.0 Å². The topological polar surface area (TPSA) is 119 Å². The van der Waals surface area contributed by atoms with Crippen LogP contribution in [0.25, 0.3) is 17.1 Å². The lowest BCUT2D eigenvalue weighted by Gasteiger charge is -2.10. The Bertz CT molecular complexity index is 1170. The Hall–Kier alpha value is -3.30. The summed E-state index contributed by atoms with van der Waals surface area (Å²) in [6.45, 7) is 1.31. The van der Waals surface area contributed by atoms with Gasteiger partial charge in [0.1, 0.15) is 5.69 Å². The molecule has 0 radical (unpaired) electrons. The fraction of sp³-hybridized carbons (Fsp3) is 0.158. The quantitative estimate of drug-likeness (QED) is 0.378. The van der Waals surface area contributed by atoms with E-state index in [0.29, 0.717) is 39.4 Å². The number of imidazole rings is 1. The normalized spacial score (nSPS) is 11.0. The molecule has 4 rings (SSSR count). The summed E-state index contributed by atoms with van der Waals surface area (Å²) in [7, 11) is 0. The number of nitrogens with zero attached hydrogens (tertiary/aromatic N) is 5.